The van der Waals surface area contributed by atoms with Crippen LogP contribution in [-0.2, 0) is 29.2 Å². The number of hydrogen-bond donors (Lipinski definition) is 2. The quantitative estimate of drug-likeness (QED) is 0.0802. The molecule has 0 aromatic rings. The summed E-state index contributed by atoms with van der Waals surface area (Å²) in [7, 11) is -4.83. The van der Waals surface area contributed by atoms with Crippen LogP contribution >= 0.6 is 0 Å². The Morgan fingerprint density at radius 3 is 1.46 bits per heavy atom. The van der Waals surface area contributed by atoms with Gasteiger partial charge in [0.15, 0.2) is 5.25 Å². The SMILES string of the molecule is CCCCCCCCCCCCCCCCCCOCCOC(=O)C(CC(=O)O)S(=O)(=O)O.[NaH].[NaH]. The van der Waals surface area contributed by atoms with Crippen LogP contribution < -0.4 is 0 Å². The Hall–Kier alpha value is 0.810. The van der Waals surface area contributed by atoms with Gasteiger partial charge in [0.1, 0.15) is 6.61 Å². The summed E-state index contributed by atoms with van der Waals surface area (Å²) < 4.78 is 41.1. The van der Waals surface area contributed by atoms with Crippen LogP contribution in [0.5, 0.6) is 0 Å². The molecule has 1 atom stereocenters. The van der Waals surface area contributed by atoms with Crippen molar-refractivity contribution in [2.75, 3.05) is 19.8 Å². The Morgan fingerprint density at radius 1 is 0.686 bits per heavy atom. The van der Waals surface area contributed by atoms with Crippen LogP contribution in [0, 0.1) is 0 Å². The van der Waals surface area contributed by atoms with Gasteiger partial charge in [-0.15, -0.1) is 0 Å². The third-order valence-corrected chi connectivity index (χ3v) is 6.67. The molecule has 1 unspecified atom stereocenters. The molecule has 0 aromatic heterocycles. The van der Waals surface area contributed by atoms with Gasteiger partial charge in [0, 0.05) is 6.61 Å². The minimum atomic E-state index is -4.83. The van der Waals surface area contributed by atoms with Gasteiger partial charge in [-0.3, -0.25) is 14.1 Å². The zero-order chi connectivity index (χ0) is 24.8. The van der Waals surface area contributed by atoms with Crippen LogP contribution in [-0.4, -0.2) is 114 Å². The van der Waals surface area contributed by atoms with E-state index in [-0.39, 0.29) is 72.3 Å². The van der Waals surface area contributed by atoms with E-state index in [1.54, 1.807) is 0 Å². The number of aliphatic carboxylic acids is 1. The topological polar surface area (TPSA) is 127 Å². The summed E-state index contributed by atoms with van der Waals surface area (Å²) in [5, 5.41) is 6.51. The molecule has 11 heteroatoms. The standard InChI is InChI=1S/C24H46O8S.2Na.2H/c1-2-3-4-5-6-7-8-9-10-11-12-13-14-15-16-17-18-31-19-20-32-24(27)22(21-23(25)26)33(28,29)30;;;;/h22H,2-21H2,1H3,(H,25,26)(H,28,29,30);;;;. The van der Waals surface area contributed by atoms with Gasteiger partial charge >= 0.3 is 71.1 Å². The van der Waals surface area contributed by atoms with Crippen LogP contribution in [0.3, 0.4) is 0 Å². The number of hydrogen-bond acceptors (Lipinski definition) is 6. The molecule has 0 spiro atoms. The first-order valence-electron chi connectivity index (χ1n) is 12.7. The summed E-state index contributed by atoms with van der Waals surface area (Å²) in [6.45, 7) is 2.68. The first-order chi connectivity index (χ1) is 15.8. The number of esters is 1. The monoisotopic (exact) mass is 542 g/mol. The predicted octanol–water partition coefficient (Wildman–Crippen LogP) is 4.24. The van der Waals surface area contributed by atoms with E-state index in [1.165, 1.54) is 89.9 Å². The molecule has 0 saturated heterocycles. The number of carbonyl (C=O) groups is 2. The van der Waals surface area contributed by atoms with Crippen LogP contribution in [0.25, 0.3) is 0 Å². The molecule has 0 radical (unpaired) electrons. The molecule has 0 heterocycles. The van der Waals surface area contributed by atoms with Crippen molar-refractivity contribution in [2.24, 2.45) is 0 Å². The van der Waals surface area contributed by atoms with Crippen molar-refractivity contribution < 1.29 is 37.1 Å². The summed E-state index contributed by atoms with van der Waals surface area (Å²) in [5.41, 5.74) is 0. The van der Waals surface area contributed by atoms with Gasteiger partial charge in [0.05, 0.1) is 13.0 Å². The Morgan fingerprint density at radius 2 is 1.09 bits per heavy atom. The van der Waals surface area contributed by atoms with Crippen LogP contribution in [0.4, 0.5) is 0 Å². The Bertz CT molecular complexity index is 602. The predicted molar refractivity (Wildman–Crippen MR) is 143 cm³/mol. The summed E-state index contributed by atoms with van der Waals surface area (Å²) in [6.07, 6.45) is 19.6. The second-order valence-corrected chi connectivity index (χ2v) is 10.3. The number of rotatable bonds is 24. The van der Waals surface area contributed by atoms with Gasteiger partial charge in [0.2, 0.25) is 0 Å². The molecule has 0 aliphatic heterocycles. The van der Waals surface area contributed by atoms with E-state index < -0.39 is 33.7 Å². The molecule has 35 heavy (non-hydrogen) atoms. The first-order valence-corrected chi connectivity index (χ1v) is 14.2. The molecule has 0 amide bonds. The van der Waals surface area contributed by atoms with Crippen molar-refractivity contribution in [3.05, 3.63) is 0 Å². The van der Waals surface area contributed by atoms with Crippen molar-refractivity contribution in [3.63, 3.8) is 0 Å². The van der Waals surface area contributed by atoms with Crippen LogP contribution in [0.2, 0.25) is 0 Å². The van der Waals surface area contributed by atoms with E-state index >= 15 is 0 Å². The summed E-state index contributed by atoms with van der Waals surface area (Å²) in [5.74, 6) is -2.81. The minimum absolute atomic E-state index is 0. The molecule has 0 aliphatic rings. The van der Waals surface area contributed by atoms with E-state index in [2.05, 4.69) is 6.92 Å². The van der Waals surface area contributed by atoms with E-state index in [0.717, 1.165) is 12.8 Å². The molecule has 0 saturated carbocycles. The van der Waals surface area contributed by atoms with Crippen molar-refractivity contribution in [1.82, 2.24) is 0 Å². The Kier molecular flexibility index (Phi) is 32.1. The fourth-order valence-electron chi connectivity index (χ4n) is 3.62. The average molecular weight is 543 g/mol. The van der Waals surface area contributed by atoms with Crippen LogP contribution in [0.15, 0.2) is 0 Å². The van der Waals surface area contributed by atoms with Gasteiger partial charge in [-0.05, 0) is 6.42 Å². The molecule has 8 nitrogen and oxygen atoms in total. The summed E-state index contributed by atoms with van der Waals surface area (Å²) >= 11 is 0. The zero-order valence-electron chi connectivity index (χ0n) is 20.5. The molecule has 0 bridgehead atoms. The van der Waals surface area contributed by atoms with Gasteiger partial charge in [-0.25, -0.2) is 0 Å². The van der Waals surface area contributed by atoms with E-state index in [0.29, 0.717) is 6.61 Å². The number of carbonyl (C=O) groups excluding carboxylic acids is 1. The van der Waals surface area contributed by atoms with Gasteiger partial charge < -0.3 is 14.6 Å². The van der Waals surface area contributed by atoms with Gasteiger partial charge in [0.25, 0.3) is 10.1 Å². The average Bonchev–Trinajstić information content (AvgIpc) is 2.75. The van der Waals surface area contributed by atoms with Gasteiger partial charge in [-0.1, -0.05) is 103 Å². The Labute approximate surface area is 257 Å². The third-order valence-electron chi connectivity index (χ3n) is 5.60. The molecular formula is C24H48Na2O8S. The fourth-order valence-corrected chi connectivity index (χ4v) is 4.28. The second-order valence-electron chi connectivity index (χ2n) is 8.68. The van der Waals surface area contributed by atoms with Gasteiger partial charge in [-0.2, -0.15) is 8.42 Å². The third kappa shape index (κ3) is 27.7. The number of carboxylic acid groups (broad SMARTS) is 1. The number of carboxylic acids is 1. The molecule has 200 valence electrons. The molecule has 0 aliphatic carbocycles. The molecule has 0 rings (SSSR count). The van der Waals surface area contributed by atoms with E-state index in [9.17, 15) is 18.0 Å². The maximum absolute atomic E-state index is 11.6. The summed E-state index contributed by atoms with van der Waals surface area (Å²) in [4.78, 5) is 22.2. The second kappa shape index (κ2) is 27.8. The zero-order valence-corrected chi connectivity index (χ0v) is 21.3. The van der Waals surface area contributed by atoms with Crippen molar-refractivity contribution in [1.29, 1.82) is 0 Å². The van der Waals surface area contributed by atoms with Crippen LogP contribution in [0.1, 0.15) is 116 Å². The maximum atomic E-state index is 11.6. The summed E-state index contributed by atoms with van der Waals surface area (Å²) in [6, 6.07) is 0. The van der Waals surface area contributed by atoms with E-state index in [4.69, 9.17) is 19.1 Å². The number of ether oxygens (including phenoxy) is 2. The molecule has 2 N–H and O–H groups in total. The number of unbranched alkanes of at least 4 members (excludes halogenated alkanes) is 15. The van der Waals surface area contributed by atoms with Crippen molar-refractivity contribution in [2.45, 2.75) is 121 Å². The van der Waals surface area contributed by atoms with Crippen molar-refractivity contribution >= 4 is 81.2 Å². The Balaban J connectivity index is -0.00000512. The first kappa shape index (κ1) is 40.3. The molecular weight excluding hydrogens is 494 g/mol. The molecule has 0 aromatic carbocycles. The van der Waals surface area contributed by atoms with Crippen molar-refractivity contribution in [3.8, 4) is 0 Å². The normalized spacial score (nSPS) is 11.8. The van der Waals surface area contributed by atoms with E-state index in [1.807, 2.05) is 0 Å². The molecule has 0 fully saturated rings. The fraction of sp³-hybridized carbons (Fsp3) is 0.917.